The molecule has 1 aromatic carbocycles. The van der Waals surface area contributed by atoms with Gasteiger partial charge in [0.2, 0.25) is 11.7 Å². The summed E-state index contributed by atoms with van der Waals surface area (Å²) in [4.78, 5) is 22.0. The SMILES string of the molecule is N#Cc1nncn1CC(=O)Nc1ccc([N+](=O)[O-])cc1Br. The van der Waals surface area contributed by atoms with Crippen molar-refractivity contribution in [3.8, 4) is 6.07 Å². The molecular formula is C11H7BrN6O3. The lowest BCUT2D eigenvalue weighted by atomic mass is 10.3. The molecule has 2 aromatic rings. The highest BCUT2D eigenvalue weighted by Crippen LogP contribution is 2.27. The van der Waals surface area contributed by atoms with E-state index < -0.39 is 10.8 Å². The zero-order valence-corrected chi connectivity index (χ0v) is 11.9. The topological polar surface area (TPSA) is 127 Å². The minimum absolute atomic E-state index is 0.0212. The molecule has 10 heteroatoms. The molecule has 0 aliphatic heterocycles. The second kappa shape index (κ2) is 6.10. The number of rotatable bonds is 4. The minimum Gasteiger partial charge on any atom is -0.323 e. The first-order chi connectivity index (χ1) is 10.0. The van der Waals surface area contributed by atoms with Gasteiger partial charge in [-0.2, -0.15) is 5.26 Å². The van der Waals surface area contributed by atoms with Crippen LogP contribution in [-0.2, 0) is 11.3 Å². The first-order valence-electron chi connectivity index (χ1n) is 5.53. The monoisotopic (exact) mass is 350 g/mol. The average Bonchev–Trinajstić information content (AvgIpc) is 2.87. The molecule has 0 bridgehead atoms. The molecule has 0 unspecified atom stereocenters. The second-order valence-electron chi connectivity index (χ2n) is 3.86. The van der Waals surface area contributed by atoms with Crippen molar-refractivity contribution in [3.63, 3.8) is 0 Å². The van der Waals surface area contributed by atoms with Gasteiger partial charge in [-0.05, 0) is 22.0 Å². The highest BCUT2D eigenvalue weighted by Gasteiger charge is 2.13. The van der Waals surface area contributed by atoms with Crippen molar-refractivity contribution in [2.24, 2.45) is 0 Å². The summed E-state index contributed by atoms with van der Waals surface area (Å²) in [6, 6.07) is 5.78. The number of non-ortho nitro benzene ring substituents is 1. The third kappa shape index (κ3) is 3.40. The Kier molecular flexibility index (Phi) is 4.24. The van der Waals surface area contributed by atoms with Gasteiger partial charge in [0, 0.05) is 16.6 Å². The van der Waals surface area contributed by atoms with Crippen LogP contribution in [0.3, 0.4) is 0 Å². The van der Waals surface area contributed by atoms with Gasteiger partial charge in [0.15, 0.2) is 0 Å². The van der Waals surface area contributed by atoms with Crippen molar-refractivity contribution >= 4 is 33.2 Å². The van der Waals surface area contributed by atoms with Gasteiger partial charge in [0.1, 0.15) is 18.9 Å². The van der Waals surface area contributed by atoms with E-state index in [-0.39, 0.29) is 18.1 Å². The Balaban J connectivity index is 2.10. The second-order valence-corrected chi connectivity index (χ2v) is 4.72. The molecule has 2 rings (SSSR count). The Morgan fingerprint density at radius 2 is 2.33 bits per heavy atom. The predicted octanol–water partition coefficient (Wildman–Crippen LogP) is 1.46. The number of halogens is 1. The van der Waals surface area contributed by atoms with E-state index in [1.165, 1.54) is 29.1 Å². The van der Waals surface area contributed by atoms with Gasteiger partial charge < -0.3 is 5.32 Å². The van der Waals surface area contributed by atoms with E-state index in [9.17, 15) is 14.9 Å². The number of carbonyl (C=O) groups excluding carboxylic acids is 1. The fourth-order valence-electron chi connectivity index (χ4n) is 1.52. The van der Waals surface area contributed by atoms with Crippen molar-refractivity contribution in [1.29, 1.82) is 5.26 Å². The van der Waals surface area contributed by atoms with Gasteiger partial charge in [-0.1, -0.05) is 0 Å². The van der Waals surface area contributed by atoms with Crippen molar-refractivity contribution in [3.05, 3.63) is 44.9 Å². The molecule has 1 aromatic heterocycles. The largest absolute Gasteiger partial charge is 0.323 e. The van der Waals surface area contributed by atoms with Crippen LogP contribution in [0.15, 0.2) is 29.0 Å². The molecule has 1 N–H and O–H groups in total. The van der Waals surface area contributed by atoms with Crippen LogP contribution in [0.1, 0.15) is 5.82 Å². The molecule has 0 radical (unpaired) electrons. The molecule has 21 heavy (non-hydrogen) atoms. The molecule has 0 aliphatic carbocycles. The van der Waals surface area contributed by atoms with Gasteiger partial charge >= 0.3 is 0 Å². The van der Waals surface area contributed by atoms with Crippen molar-refractivity contribution in [1.82, 2.24) is 14.8 Å². The van der Waals surface area contributed by atoms with Crippen LogP contribution in [0.5, 0.6) is 0 Å². The first kappa shape index (κ1) is 14.6. The van der Waals surface area contributed by atoms with E-state index in [4.69, 9.17) is 5.26 Å². The summed E-state index contributed by atoms with van der Waals surface area (Å²) in [5, 5.41) is 29.0. The zero-order chi connectivity index (χ0) is 15.4. The van der Waals surface area contributed by atoms with Crippen LogP contribution in [0, 0.1) is 21.4 Å². The van der Waals surface area contributed by atoms with E-state index in [2.05, 4.69) is 31.4 Å². The van der Waals surface area contributed by atoms with Gasteiger partial charge in [-0.3, -0.25) is 19.5 Å². The van der Waals surface area contributed by atoms with Crippen LogP contribution in [-0.4, -0.2) is 25.6 Å². The number of benzene rings is 1. The highest BCUT2D eigenvalue weighted by atomic mass is 79.9. The number of nitriles is 1. The fourth-order valence-corrected chi connectivity index (χ4v) is 1.99. The number of nitro groups is 1. The normalized spacial score (nSPS) is 9.90. The quantitative estimate of drug-likeness (QED) is 0.656. The zero-order valence-electron chi connectivity index (χ0n) is 10.4. The van der Waals surface area contributed by atoms with E-state index in [0.29, 0.717) is 10.2 Å². The van der Waals surface area contributed by atoms with Crippen LogP contribution in [0.25, 0.3) is 0 Å². The number of nitrogens with one attached hydrogen (secondary N) is 1. The number of amides is 1. The summed E-state index contributed by atoms with van der Waals surface area (Å²) in [7, 11) is 0. The van der Waals surface area contributed by atoms with E-state index >= 15 is 0 Å². The third-order valence-electron chi connectivity index (χ3n) is 2.47. The molecule has 1 heterocycles. The first-order valence-corrected chi connectivity index (χ1v) is 6.32. The molecule has 106 valence electrons. The van der Waals surface area contributed by atoms with Crippen LogP contribution in [0.2, 0.25) is 0 Å². The highest BCUT2D eigenvalue weighted by molar-refractivity contribution is 9.10. The van der Waals surface area contributed by atoms with E-state index in [1.54, 1.807) is 6.07 Å². The third-order valence-corrected chi connectivity index (χ3v) is 3.12. The molecule has 0 aliphatic rings. The summed E-state index contributed by atoms with van der Waals surface area (Å²) in [6.07, 6.45) is 1.27. The molecule has 0 atom stereocenters. The number of nitro benzene ring substituents is 1. The number of aromatic nitrogens is 3. The van der Waals surface area contributed by atoms with E-state index in [1.807, 2.05) is 0 Å². The summed E-state index contributed by atoms with van der Waals surface area (Å²) in [6.45, 7) is -0.140. The summed E-state index contributed by atoms with van der Waals surface area (Å²) in [5.74, 6) is -0.395. The van der Waals surface area contributed by atoms with Gasteiger partial charge in [0.05, 0.1) is 10.6 Å². The predicted molar refractivity (Wildman–Crippen MR) is 74.2 cm³/mol. The average molecular weight is 351 g/mol. The maximum absolute atomic E-state index is 11.9. The maximum atomic E-state index is 11.9. The maximum Gasteiger partial charge on any atom is 0.270 e. The lowest BCUT2D eigenvalue weighted by molar-refractivity contribution is -0.384. The standard InChI is InChI=1S/C11H7BrN6O3/c12-8-3-7(18(20)21)1-2-9(8)15-11(19)5-17-6-14-16-10(17)4-13/h1-3,6H,5H2,(H,15,19). The number of anilines is 1. The lowest BCUT2D eigenvalue weighted by Crippen LogP contribution is -2.19. The molecule has 9 nitrogen and oxygen atoms in total. The van der Waals surface area contributed by atoms with Crippen LogP contribution in [0.4, 0.5) is 11.4 Å². The molecule has 0 fully saturated rings. The van der Waals surface area contributed by atoms with Crippen molar-refractivity contribution in [2.75, 3.05) is 5.32 Å². The molecule has 0 saturated heterocycles. The van der Waals surface area contributed by atoms with Crippen molar-refractivity contribution in [2.45, 2.75) is 6.54 Å². The van der Waals surface area contributed by atoms with Crippen molar-refractivity contribution < 1.29 is 9.72 Å². The fraction of sp³-hybridized carbons (Fsp3) is 0.0909. The van der Waals surface area contributed by atoms with Gasteiger partial charge in [-0.25, -0.2) is 0 Å². The molecule has 1 amide bonds. The number of carbonyl (C=O) groups is 1. The molecular weight excluding hydrogens is 344 g/mol. The minimum atomic E-state index is -0.535. The van der Waals surface area contributed by atoms with Crippen LogP contribution < -0.4 is 5.32 Å². The summed E-state index contributed by atoms with van der Waals surface area (Å²) >= 11 is 3.15. The Morgan fingerprint density at radius 3 is 2.95 bits per heavy atom. The Labute approximate surface area is 126 Å². The molecule has 0 saturated carbocycles. The lowest BCUT2D eigenvalue weighted by Gasteiger charge is -2.07. The Bertz CT molecular complexity index is 751. The molecule has 0 spiro atoms. The Morgan fingerprint density at radius 1 is 1.57 bits per heavy atom. The number of hydrogen-bond acceptors (Lipinski definition) is 6. The van der Waals surface area contributed by atoms with Crippen LogP contribution >= 0.6 is 15.9 Å². The summed E-state index contributed by atoms with van der Waals surface area (Å²) in [5.41, 5.74) is 0.294. The van der Waals surface area contributed by atoms with Gasteiger partial charge in [0.25, 0.3) is 5.69 Å². The number of nitrogens with zero attached hydrogens (tertiary/aromatic N) is 5. The van der Waals surface area contributed by atoms with E-state index in [0.717, 1.165) is 0 Å². The number of hydrogen-bond donors (Lipinski definition) is 1. The Hall–Kier alpha value is -2.80. The smallest absolute Gasteiger partial charge is 0.270 e. The summed E-state index contributed by atoms with van der Waals surface area (Å²) < 4.78 is 1.67. The van der Waals surface area contributed by atoms with Gasteiger partial charge in [-0.15, -0.1) is 10.2 Å².